The zero-order chi connectivity index (χ0) is 18.7. The van der Waals surface area contributed by atoms with E-state index < -0.39 is 5.54 Å². The van der Waals surface area contributed by atoms with Crippen LogP contribution in [0.1, 0.15) is 26.3 Å². The van der Waals surface area contributed by atoms with Gasteiger partial charge in [-0.2, -0.15) is 5.10 Å². The maximum Gasteiger partial charge on any atom is 0.287 e. The van der Waals surface area contributed by atoms with Gasteiger partial charge in [0, 0.05) is 17.5 Å². The van der Waals surface area contributed by atoms with Gasteiger partial charge >= 0.3 is 0 Å². The highest BCUT2D eigenvalue weighted by Crippen LogP contribution is 2.28. The van der Waals surface area contributed by atoms with Gasteiger partial charge in [-0.05, 0) is 38.5 Å². The van der Waals surface area contributed by atoms with Crippen LogP contribution in [0.25, 0.3) is 11.3 Å². The summed E-state index contributed by atoms with van der Waals surface area (Å²) in [6, 6.07) is 14.1. The first kappa shape index (κ1) is 18.7. The molecule has 3 aromatic rings. The number of hydrogen-bond donors (Lipinski definition) is 0. The predicted octanol–water partition coefficient (Wildman–Crippen LogP) is 5.01. The van der Waals surface area contributed by atoms with Crippen molar-refractivity contribution < 1.29 is 0 Å². The second-order valence-electron chi connectivity index (χ2n) is 6.91. The van der Waals surface area contributed by atoms with E-state index in [1.807, 2.05) is 39.0 Å². The zero-order valence-electron chi connectivity index (χ0n) is 14.9. The molecular formula is C20H20ClN3OS. The van der Waals surface area contributed by atoms with Crippen LogP contribution in [0.3, 0.4) is 0 Å². The van der Waals surface area contributed by atoms with E-state index in [1.165, 1.54) is 16.4 Å². The number of nitrogens with zero attached hydrogens (tertiary/aromatic N) is 3. The third-order valence-corrected chi connectivity index (χ3v) is 5.41. The molecule has 0 saturated carbocycles. The maximum atomic E-state index is 12.4. The van der Waals surface area contributed by atoms with Gasteiger partial charge in [-0.3, -0.25) is 9.78 Å². The third kappa shape index (κ3) is 4.17. The summed E-state index contributed by atoms with van der Waals surface area (Å²) in [5, 5.41) is 4.49. The van der Waals surface area contributed by atoms with Crippen molar-refractivity contribution in [3.8, 4) is 11.3 Å². The van der Waals surface area contributed by atoms with Crippen molar-refractivity contribution in [3.05, 3.63) is 75.8 Å². The van der Waals surface area contributed by atoms with E-state index in [2.05, 4.69) is 34.3 Å². The van der Waals surface area contributed by atoms with E-state index in [-0.39, 0.29) is 10.6 Å². The molecule has 0 spiro atoms. The van der Waals surface area contributed by atoms with Gasteiger partial charge < -0.3 is 0 Å². The lowest BCUT2D eigenvalue weighted by Gasteiger charge is -2.21. The molecule has 3 rings (SSSR count). The number of hydrogen-bond acceptors (Lipinski definition) is 4. The van der Waals surface area contributed by atoms with Crippen LogP contribution in [0.5, 0.6) is 0 Å². The molecule has 26 heavy (non-hydrogen) atoms. The summed E-state index contributed by atoms with van der Waals surface area (Å²) in [5.41, 5.74) is 2.52. The quantitative estimate of drug-likeness (QED) is 0.592. The SMILES string of the molecule is CC(C)(C)n1ncc(SCc2ccc(-c3ccccn3)cc2)c(Cl)c1=O. The Morgan fingerprint density at radius 2 is 1.85 bits per heavy atom. The van der Waals surface area contributed by atoms with Gasteiger partial charge in [-0.15, -0.1) is 11.8 Å². The molecule has 0 fully saturated rings. The standard InChI is InChI=1S/C20H20ClN3OS/c1-20(2,3)24-19(25)18(21)17(12-23-24)26-13-14-7-9-15(10-8-14)16-6-4-5-11-22-16/h4-12H,13H2,1-3H3. The van der Waals surface area contributed by atoms with Gasteiger partial charge in [0.15, 0.2) is 0 Å². The third-order valence-electron chi connectivity index (χ3n) is 3.83. The van der Waals surface area contributed by atoms with Gasteiger partial charge in [-0.25, -0.2) is 4.68 Å². The molecule has 0 aliphatic heterocycles. The normalized spacial score (nSPS) is 11.5. The van der Waals surface area contributed by atoms with Crippen molar-refractivity contribution in [2.24, 2.45) is 0 Å². The summed E-state index contributed by atoms with van der Waals surface area (Å²) in [4.78, 5) is 17.5. The molecule has 1 aromatic carbocycles. The second-order valence-corrected chi connectivity index (χ2v) is 8.31. The van der Waals surface area contributed by atoms with Gasteiger partial charge in [0.1, 0.15) is 5.02 Å². The van der Waals surface area contributed by atoms with E-state index >= 15 is 0 Å². The maximum absolute atomic E-state index is 12.4. The number of pyridine rings is 1. The minimum Gasteiger partial charge on any atom is -0.266 e. The fourth-order valence-electron chi connectivity index (χ4n) is 2.46. The molecule has 0 bridgehead atoms. The zero-order valence-corrected chi connectivity index (χ0v) is 16.5. The number of aromatic nitrogens is 3. The van der Waals surface area contributed by atoms with Crippen LogP contribution in [0.2, 0.25) is 5.02 Å². The Labute approximate surface area is 162 Å². The predicted molar refractivity (Wildman–Crippen MR) is 108 cm³/mol. The van der Waals surface area contributed by atoms with Crippen molar-refractivity contribution in [2.75, 3.05) is 0 Å². The molecule has 134 valence electrons. The first-order valence-electron chi connectivity index (χ1n) is 8.28. The van der Waals surface area contributed by atoms with Crippen molar-refractivity contribution in [2.45, 2.75) is 37.0 Å². The molecule has 6 heteroatoms. The van der Waals surface area contributed by atoms with Gasteiger partial charge in [0.25, 0.3) is 5.56 Å². The Morgan fingerprint density at radius 1 is 1.12 bits per heavy atom. The number of halogens is 1. The highest BCUT2D eigenvalue weighted by molar-refractivity contribution is 7.98. The van der Waals surface area contributed by atoms with Crippen molar-refractivity contribution in [3.63, 3.8) is 0 Å². The highest BCUT2D eigenvalue weighted by Gasteiger charge is 2.19. The topological polar surface area (TPSA) is 47.8 Å². The van der Waals surface area contributed by atoms with Crippen LogP contribution in [0.15, 0.2) is 64.5 Å². The largest absolute Gasteiger partial charge is 0.287 e. The lowest BCUT2D eigenvalue weighted by Crippen LogP contribution is -2.36. The number of thioether (sulfide) groups is 1. The van der Waals surface area contributed by atoms with Crippen LogP contribution in [0, 0.1) is 0 Å². The molecule has 2 heterocycles. The molecule has 0 saturated heterocycles. The minimum atomic E-state index is -0.398. The molecule has 0 N–H and O–H groups in total. The summed E-state index contributed by atoms with van der Waals surface area (Å²) < 4.78 is 1.42. The Kier molecular flexibility index (Phi) is 5.49. The summed E-state index contributed by atoms with van der Waals surface area (Å²) in [7, 11) is 0. The van der Waals surface area contributed by atoms with E-state index in [4.69, 9.17) is 11.6 Å². The molecule has 0 amide bonds. The van der Waals surface area contributed by atoms with Crippen LogP contribution < -0.4 is 5.56 Å². The van der Waals surface area contributed by atoms with Crippen molar-refractivity contribution >= 4 is 23.4 Å². The van der Waals surface area contributed by atoms with Crippen LogP contribution >= 0.6 is 23.4 Å². The van der Waals surface area contributed by atoms with Gasteiger partial charge in [0.2, 0.25) is 0 Å². The molecule has 0 radical (unpaired) electrons. The van der Waals surface area contributed by atoms with E-state index in [9.17, 15) is 4.79 Å². The Hall–Kier alpha value is -2.11. The van der Waals surface area contributed by atoms with Crippen LogP contribution in [-0.2, 0) is 11.3 Å². The van der Waals surface area contributed by atoms with Crippen molar-refractivity contribution in [1.82, 2.24) is 14.8 Å². The van der Waals surface area contributed by atoms with Crippen LogP contribution in [-0.4, -0.2) is 14.8 Å². The molecular weight excluding hydrogens is 366 g/mol. The fraction of sp³-hybridized carbons (Fsp3) is 0.250. The Morgan fingerprint density at radius 3 is 2.46 bits per heavy atom. The summed E-state index contributed by atoms with van der Waals surface area (Å²) in [6.07, 6.45) is 3.45. The van der Waals surface area contributed by atoms with E-state index in [0.717, 1.165) is 16.8 Å². The summed E-state index contributed by atoms with van der Waals surface area (Å²) in [5.74, 6) is 0.711. The lowest BCUT2D eigenvalue weighted by molar-refractivity contribution is 0.336. The van der Waals surface area contributed by atoms with Gasteiger partial charge in [0.05, 0.1) is 22.3 Å². The number of rotatable bonds is 4. The van der Waals surface area contributed by atoms with E-state index in [0.29, 0.717) is 10.6 Å². The fourth-order valence-corrected chi connectivity index (χ4v) is 3.61. The van der Waals surface area contributed by atoms with Crippen LogP contribution in [0.4, 0.5) is 0 Å². The molecule has 2 aromatic heterocycles. The van der Waals surface area contributed by atoms with Crippen molar-refractivity contribution in [1.29, 1.82) is 0 Å². The minimum absolute atomic E-state index is 0.227. The lowest BCUT2D eigenvalue weighted by atomic mass is 10.1. The molecule has 0 aliphatic rings. The number of benzene rings is 1. The first-order valence-corrected chi connectivity index (χ1v) is 9.64. The smallest absolute Gasteiger partial charge is 0.266 e. The average Bonchev–Trinajstić information content (AvgIpc) is 2.63. The summed E-state index contributed by atoms with van der Waals surface area (Å²) >= 11 is 7.79. The van der Waals surface area contributed by atoms with E-state index in [1.54, 1.807) is 12.4 Å². The Balaban J connectivity index is 1.74. The average molecular weight is 386 g/mol. The molecule has 4 nitrogen and oxygen atoms in total. The summed E-state index contributed by atoms with van der Waals surface area (Å²) in [6.45, 7) is 5.77. The first-order chi connectivity index (χ1) is 12.4. The molecule has 0 atom stereocenters. The molecule has 0 unspecified atom stereocenters. The van der Waals surface area contributed by atoms with Gasteiger partial charge in [-0.1, -0.05) is 41.9 Å². The Bertz CT molecular complexity index is 948. The second kappa shape index (κ2) is 7.64. The highest BCUT2D eigenvalue weighted by atomic mass is 35.5. The molecule has 0 aliphatic carbocycles. The monoisotopic (exact) mass is 385 g/mol.